The molecule has 0 aromatic rings. The summed E-state index contributed by atoms with van der Waals surface area (Å²) in [5, 5.41) is 3.21. The van der Waals surface area contributed by atoms with Crippen LogP contribution in [0.5, 0.6) is 0 Å². The minimum atomic E-state index is 0.153. The van der Waals surface area contributed by atoms with Crippen LogP contribution in [0.1, 0.15) is 6.42 Å². The van der Waals surface area contributed by atoms with Crippen LogP contribution < -0.4 is 5.32 Å². The van der Waals surface area contributed by atoms with Crippen LogP contribution in [0.3, 0.4) is 0 Å². The van der Waals surface area contributed by atoms with E-state index in [-0.39, 0.29) is 5.60 Å². The Hall–Kier alpha value is -0.120. The molecule has 2 saturated heterocycles. The van der Waals surface area contributed by atoms with E-state index in [4.69, 9.17) is 9.47 Å². The maximum Gasteiger partial charge on any atom is 0.0956 e. The van der Waals surface area contributed by atoms with Gasteiger partial charge >= 0.3 is 0 Å². The first kappa shape index (κ1) is 6.58. The van der Waals surface area contributed by atoms with E-state index in [2.05, 4.69) is 5.32 Å². The lowest BCUT2D eigenvalue weighted by Gasteiger charge is -2.37. The Balaban J connectivity index is 1.92. The zero-order chi connectivity index (χ0) is 7.03. The lowest BCUT2D eigenvalue weighted by molar-refractivity contribution is -0.0376. The Labute approximate surface area is 60.7 Å². The number of ether oxygens (including phenoxy) is 2. The lowest BCUT2D eigenvalue weighted by Crippen LogP contribution is -2.59. The SMILES string of the molecule is CO[C@@H]1COC2(CNC2)C1. The summed E-state index contributed by atoms with van der Waals surface area (Å²) in [6.45, 7) is 2.79. The second kappa shape index (κ2) is 2.19. The van der Waals surface area contributed by atoms with Crippen LogP contribution in [-0.4, -0.2) is 38.5 Å². The van der Waals surface area contributed by atoms with Crippen molar-refractivity contribution in [2.45, 2.75) is 18.1 Å². The molecule has 0 radical (unpaired) electrons. The molecule has 0 aromatic heterocycles. The van der Waals surface area contributed by atoms with Gasteiger partial charge in [-0.05, 0) is 0 Å². The standard InChI is InChI=1S/C7H13NO2/c1-9-6-2-7(10-3-6)4-8-5-7/h6,8H,2-5H2,1H3/t6-/m0/s1. The van der Waals surface area contributed by atoms with E-state index in [9.17, 15) is 0 Å². The van der Waals surface area contributed by atoms with Crippen molar-refractivity contribution >= 4 is 0 Å². The fraction of sp³-hybridized carbons (Fsp3) is 1.00. The van der Waals surface area contributed by atoms with Gasteiger partial charge in [0.15, 0.2) is 0 Å². The van der Waals surface area contributed by atoms with Crippen molar-refractivity contribution in [2.24, 2.45) is 0 Å². The highest BCUT2D eigenvalue weighted by molar-refractivity contribution is 5.00. The third-order valence-electron chi connectivity index (χ3n) is 2.40. The molecular weight excluding hydrogens is 130 g/mol. The van der Waals surface area contributed by atoms with Crippen molar-refractivity contribution in [3.8, 4) is 0 Å². The van der Waals surface area contributed by atoms with E-state index in [1.807, 2.05) is 0 Å². The largest absolute Gasteiger partial charge is 0.379 e. The van der Waals surface area contributed by atoms with Gasteiger partial charge in [0.2, 0.25) is 0 Å². The van der Waals surface area contributed by atoms with Crippen LogP contribution in [0, 0.1) is 0 Å². The summed E-state index contributed by atoms with van der Waals surface area (Å²) in [4.78, 5) is 0. The third-order valence-corrected chi connectivity index (χ3v) is 2.40. The maximum absolute atomic E-state index is 5.59. The first-order chi connectivity index (χ1) is 4.85. The van der Waals surface area contributed by atoms with Crippen LogP contribution in [0.25, 0.3) is 0 Å². The molecule has 0 aromatic carbocycles. The van der Waals surface area contributed by atoms with Gasteiger partial charge < -0.3 is 14.8 Å². The Morgan fingerprint density at radius 2 is 2.40 bits per heavy atom. The molecule has 2 aliphatic heterocycles. The molecule has 2 aliphatic rings. The zero-order valence-electron chi connectivity index (χ0n) is 6.22. The minimum Gasteiger partial charge on any atom is -0.379 e. The molecule has 2 heterocycles. The molecule has 58 valence electrons. The average molecular weight is 143 g/mol. The molecule has 0 saturated carbocycles. The predicted octanol–water partition coefficient (Wildman–Crippen LogP) is -0.236. The monoisotopic (exact) mass is 143 g/mol. The number of hydrogen-bond acceptors (Lipinski definition) is 3. The number of methoxy groups -OCH3 is 1. The van der Waals surface area contributed by atoms with Crippen LogP contribution in [0.4, 0.5) is 0 Å². The molecule has 0 bridgehead atoms. The van der Waals surface area contributed by atoms with E-state index in [0.717, 1.165) is 26.1 Å². The third kappa shape index (κ3) is 0.856. The van der Waals surface area contributed by atoms with Crippen molar-refractivity contribution in [2.75, 3.05) is 26.8 Å². The average Bonchev–Trinajstić information content (AvgIpc) is 2.29. The molecule has 2 rings (SSSR count). The van der Waals surface area contributed by atoms with E-state index in [1.54, 1.807) is 7.11 Å². The maximum atomic E-state index is 5.59. The van der Waals surface area contributed by atoms with Gasteiger partial charge in [-0.2, -0.15) is 0 Å². The van der Waals surface area contributed by atoms with Crippen LogP contribution in [-0.2, 0) is 9.47 Å². The smallest absolute Gasteiger partial charge is 0.0956 e. The summed E-state index contributed by atoms with van der Waals surface area (Å²) >= 11 is 0. The number of nitrogens with one attached hydrogen (secondary N) is 1. The first-order valence-corrected chi connectivity index (χ1v) is 3.72. The van der Waals surface area contributed by atoms with Gasteiger partial charge in [0, 0.05) is 26.6 Å². The highest BCUT2D eigenvalue weighted by atomic mass is 16.6. The molecule has 1 N–H and O–H groups in total. The summed E-state index contributed by atoms with van der Waals surface area (Å²) in [5.74, 6) is 0. The highest BCUT2D eigenvalue weighted by Gasteiger charge is 2.45. The van der Waals surface area contributed by atoms with Crippen molar-refractivity contribution in [3.05, 3.63) is 0 Å². The molecular formula is C7H13NO2. The normalized spacial score (nSPS) is 36.3. The molecule has 3 nitrogen and oxygen atoms in total. The molecule has 0 amide bonds. The molecule has 0 aliphatic carbocycles. The van der Waals surface area contributed by atoms with Crippen molar-refractivity contribution in [3.63, 3.8) is 0 Å². The Morgan fingerprint density at radius 3 is 2.70 bits per heavy atom. The molecule has 2 fully saturated rings. The zero-order valence-corrected chi connectivity index (χ0v) is 6.22. The van der Waals surface area contributed by atoms with Crippen LogP contribution >= 0.6 is 0 Å². The van der Waals surface area contributed by atoms with Crippen LogP contribution in [0.2, 0.25) is 0 Å². The van der Waals surface area contributed by atoms with Crippen molar-refractivity contribution < 1.29 is 9.47 Å². The first-order valence-electron chi connectivity index (χ1n) is 3.72. The van der Waals surface area contributed by atoms with E-state index in [1.165, 1.54) is 0 Å². The lowest BCUT2D eigenvalue weighted by atomic mass is 9.93. The molecule has 1 spiro atoms. The van der Waals surface area contributed by atoms with Gasteiger partial charge in [-0.15, -0.1) is 0 Å². The van der Waals surface area contributed by atoms with Gasteiger partial charge in [-0.25, -0.2) is 0 Å². The topological polar surface area (TPSA) is 30.5 Å². The Morgan fingerprint density at radius 1 is 1.60 bits per heavy atom. The Kier molecular flexibility index (Phi) is 1.44. The van der Waals surface area contributed by atoms with Gasteiger partial charge in [0.25, 0.3) is 0 Å². The van der Waals surface area contributed by atoms with Gasteiger partial charge in [0.05, 0.1) is 18.3 Å². The van der Waals surface area contributed by atoms with E-state index >= 15 is 0 Å². The van der Waals surface area contributed by atoms with Gasteiger partial charge in [0.1, 0.15) is 0 Å². The fourth-order valence-corrected chi connectivity index (χ4v) is 1.60. The number of rotatable bonds is 1. The summed E-state index contributed by atoms with van der Waals surface area (Å²) in [6.07, 6.45) is 1.40. The summed E-state index contributed by atoms with van der Waals surface area (Å²) in [5.41, 5.74) is 0.153. The summed E-state index contributed by atoms with van der Waals surface area (Å²) in [6, 6.07) is 0. The fourth-order valence-electron chi connectivity index (χ4n) is 1.60. The number of hydrogen-bond donors (Lipinski definition) is 1. The van der Waals surface area contributed by atoms with Gasteiger partial charge in [-0.1, -0.05) is 0 Å². The van der Waals surface area contributed by atoms with Crippen molar-refractivity contribution in [1.82, 2.24) is 5.32 Å². The van der Waals surface area contributed by atoms with Crippen LogP contribution in [0.15, 0.2) is 0 Å². The second-order valence-electron chi connectivity index (χ2n) is 3.16. The van der Waals surface area contributed by atoms with E-state index < -0.39 is 0 Å². The molecule has 3 heteroatoms. The molecule has 10 heavy (non-hydrogen) atoms. The Bertz CT molecular complexity index is 134. The van der Waals surface area contributed by atoms with E-state index in [0.29, 0.717) is 6.10 Å². The molecule has 0 unspecified atom stereocenters. The quantitative estimate of drug-likeness (QED) is 0.549. The predicted molar refractivity (Wildman–Crippen MR) is 37.0 cm³/mol. The van der Waals surface area contributed by atoms with Crippen molar-refractivity contribution in [1.29, 1.82) is 0 Å². The van der Waals surface area contributed by atoms with Gasteiger partial charge in [-0.3, -0.25) is 0 Å². The second-order valence-corrected chi connectivity index (χ2v) is 3.16. The molecule has 1 atom stereocenters. The minimum absolute atomic E-state index is 0.153. The highest BCUT2D eigenvalue weighted by Crippen LogP contribution is 2.30. The summed E-state index contributed by atoms with van der Waals surface area (Å²) in [7, 11) is 1.75. The summed E-state index contributed by atoms with van der Waals surface area (Å²) < 4.78 is 10.8.